The van der Waals surface area contributed by atoms with E-state index in [1.807, 2.05) is 0 Å². The molecule has 0 aliphatic rings. The van der Waals surface area contributed by atoms with Gasteiger partial charge in [0.15, 0.2) is 0 Å². The Morgan fingerprint density at radius 2 is 1.00 bits per heavy atom. The predicted molar refractivity (Wildman–Crippen MR) is 71.4 cm³/mol. The summed E-state index contributed by atoms with van der Waals surface area (Å²) in [5.41, 5.74) is 0. The quantitative estimate of drug-likeness (QED) is 0.322. The molecule has 0 atom stereocenters. The van der Waals surface area contributed by atoms with Gasteiger partial charge in [0.1, 0.15) is 0 Å². The highest BCUT2D eigenvalue weighted by Crippen LogP contribution is 1.83. The Bertz CT molecular complexity index is 177. The molecule has 0 saturated carbocycles. The van der Waals surface area contributed by atoms with Gasteiger partial charge in [0.05, 0.1) is 72.7 Å². The molecule has 0 aliphatic heterocycles. The molecular weight excluding hydrogens is 252 g/mol. The largest absolute Gasteiger partial charge is 0.394 e. The molecule has 0 amide bonds. The monoisotopic (exact) mass is 278 g/mol. The Labute approximate surface area is 115 Å². The van der Waals surface area contributed by atoms with Crippen molar-refractivity contribution < 1.29 is 28.8 Å². The molecule has 0 aromatic carbocycles. The third kappa shape index (κ3) is 17.5. The van der Waals surface area contributed by atoms with E-state index in [0.717, 1.165) is 0 Å². The van der Waals surface area contributed by atoms with E-state index in [9.17, 15) is 0 Å². The Balaban J connectivity index is 2.89. The summed E-state index contributed by atoms with van der Waals surface area (Å²) < 4.78 is 26.0. The van der Waals surface area contributed by atoms with Crippen molar-refractivity contribution in [1.29, 1.82) is 0 Å². The fourth-order valence-electron chi connectivity index (χ4n) is 1.11. The maximum absolute atomic E-state index is 8.46. The van der Waals surface area contributed by atoms with Crippen LogP contribution in [0.4, 0.5) is 0 Å². The van der Waals surface area contributed by atoms with E-state index < -0.39 is 0 Å². The molecule has 6 nitrogen and oxygen atoms in total. The molecule has 0 saturated heterocycles. The first kappa shape index (κ1) is 18.5. The Hall–Kier alpha value is -0.500. The van der Waals surface area contributed by atoms with E-state index in [4.69, 9.17) is 28.8 Å². The number of hydrogen-bond donors (Lipinski definition) is 1. The molecular formula is C13H26O6. The van der Waals surface area contributed by atoms with Crippen LogP contribution in [0, 0.1) is 0 Å². The molecule has 19 heavy (non-hydrogen) atoms. The molecule has 1 N–H and O–H groups in total. The average molecular weight is 278 g/mol. The van der Waals surface area contributed by atoms with E-state index in [1.54, 1.807) is 6.08 Å². The van der Waals surface area contributed by atoms with Crippen molar-refractivity contribution in [2.75, 3.05) is 72.7 Å². The fraction of sp³-hybridized carbons (Fsp3) is 0.846. The Kier molecular flexibility index (Phi) is 17.0. The first-order valence-corrected chi connectivity index (χ1v) is 6.52. The smallest absolute Gasteiger partial charge is 0.0704 e. The third-order valence-electron chi connectivity index (χ3n) is 1.96. The molecule has 0 aliphatic carbocycles. The molecule has 114 valence electrons. The summed E-state index contributed by atoms with van der Waals surface area (Å²) in [6.45, 7) is 8.82. The van der Waals surface area contributed by atoms with Crippen LogP contribution >= 0.6 is 0 Å². The topological polar surface area (TPSA) is 66.4 Å². The van der Waals surface area contributed by atoms with Gasteiger partial charge in [-0.3, -0.25) is 0 Å². The molecule has 0 aromatic rings. The lowest BCUT2D eigenvalue weighted by Crippen LogP contribution is -2.13. The summed E-state index contributed by atoms with van der Waals surface area (Å²) in [6, 6.07) is 0. The van der Waals surface area contributed by atoms with Crippen LogP contribution in [0.3, 0.4) is 0 Å². The molecule has 0 radical (unpaired) electrons. The summed E-state index contributed by atoms with van der Waals surface area (Å²) >= 11 is 0. The molecule has 0 rings (SSSR count). The average Bonchev–Trinajstić information content (AvgIpc) is 2.43. The second kappa shape index (κ2) is 17.5. The summed E-state index contributed by atoms with van der Waals surface area (Å²) in [5, 5.41) is 8.46. The van der Waals surface area contributed by atoms with Crippen LogP contribution in [0.2, 0.25) is 0 Å². The van der Waals surface area contributed by atoms with Crippen molar-refractivity contribution in [3.05, 3.63) is 12.7 Å². The second-order valence-electron chi connectivity index (χ2n) is 3.54. The van der Waals surface area contributed by atoms with Crippen LogP contribution < -0.4 is 0 Å². The van der Waals surface area contributed by atoms with Crippen molar-refractivity contribution in [2.45, 2.75) is 0 Å². The molecule has 0 unspecified atom stereocenters. The normalized spacial score (nSPS) is 10.8. The zero-order valence-corrected chi connectivity index (χ0v) is 11.6. The lowest BCUT2D eigenvalue weighted by molar-refractivity contribution is -0.0118. The first-order valence-electron chi connectivity index (χ1n) is 6.52. The van der Waals surface area contributed by atoms with Crippen LogP contribution in [0.15, 0.2) is 12.7 Å². The number of hydrogen-bond acceptors (Lipinski definition) is 6. The molecule has 0 spiro atoms. The summed E-state index contributed by atoms with van der Waals surface area (Å²) in [5.74, 6) is 0. The van der Waals surface area contributed by atoms with E-state index in [2.05, 4.69) is 6.58 Å². The number of aliphatic hydroxyl groups excluding tert-OH is 1. The van der Waals surface area contributed by atoms with Crippen molar-refractivity contribution >= 4 is 0 Å². The van der Waals surface area contributed by atoms with Crippen molar-refractivity contribution in [1.82, 2.24) is 0 Å². The van der Waals surface area contributed by atoms with Gasteiger partial charge in [0.25, 0.3) is 0 Å². The predicted octanol–water partition coefficient (Wildman–Crippen LogP) is 0.248. The van der Waals surface area contributed by atoms with Crippen LogP contribution in [-0.4, -0.2) is 77.8 Å². The van der Waals surface area contributed by atoms with Crippen LogP contribution in [-0.2, 0) is 23.7 Å². The van der Waals surface area contributed by atoms with E-state index in [-0.39, 0.29) is 6.61 Å². The van der Waals surface area contributed by atoms with Gasteiger partial charge in [-0.05, 0) is 0 Å². The lowest BCUT2D eigenvalue weighted by atomic mass is 10.6. The number of rotatable bonds is 16. The molecule has 0 aromatic heterocycles. The van der Waals surface area contributed by atoms with Crippen molar-refractivity contribution in [3.8, 4) is 0 Å². The lowest BCUT2D eigenvalue weighted by Gasteiger charge is -2.07. The standard InChI is InChI=1S/C13H26O6/c1-2-4-15-6-8-17-10-12-19-13-11-18-9-7-16-5-3-14/h2,14H,1,3-13H2. The van der Waals surface area contributed by atoms with E-state index >= 15 is 0 Å². The van der Waals surface area contributed by atoms with Crippen LogP contribution in [0.1, 0.15) is 0 Å². The highest BCUT2D eigenvalue weighted by Gasteiger charge is 1.92. The number of ether oxygens (including phenoxy) is 5. The molecule has 6 heteroatoms. The van der Waals surface area contributed by atoms with Gasteiger partial charge in [-0.15, -0.1) is 6.58 Å². The molecule has 0 fully saturated rings. The minimum atomic E-state index is 0.0434. The fourth-order valence-corrected chi connectivity index (χ4v) is 1.11. The van der Waals surface area contributed by atoms with Gasteiger partial charge in [-0.25, -0.2) is 0 Å². The van der Waals surface area contributed by atoms with E-state index in [0.29, 0.717) is 66.1 Å². The zero-order chi connectivity index (χ0) is 14.0. The Morgan fingerprint density at radius 3 is 1.37 bits per heavy atom. The van der Waals surface area contributed by atoms with Crippen LogP contribution in [0.25, 0.3) is 0 Å². The second-order valence-corrected chi connectivity index (χ2v) is 3.54. The minimum absolute atomic E-state index is 0.0434. The Morgan fingerprint density at radius 1 is 0.632 bits per heavy atom. The summed E-state index contributed by atoms with van der Waals surface area (Å²) in [6.07, 6.45) is 1.71. The molecule has 0 bridgehead atoms. The van der Waals surface area contributed by atoms with Crippen molar-refractivity contribution in [3.63, 3.8) is 0 Å². The summed E-state index contributed by atoms with van der Waals surface area (Å²) in [4.78, 5) is 0. The molecule has 0 heterocycles. The maximum Gasteiger partial charge on any atom is 0.0704 e. The number of aliphatic hydroxyl groups is 1. The van der Waals surface area contributed by atoms with Crippen LogP contribution in [0.5, 0.6) is 0 Å². The zero-order valence-electron chi connectivity index (χ0n) is 11.6. The minimum Gasteiger partial charge on any atom is -0.394 e. The van der Waals surface area contributed by atoms with Gasteiger partial charge in [-0.1, -0.05) is 6.08 Å². The van der Waals surface area contributed by atoms with Crippen molar-refractivity contribution in [2.24, 2.45) is 0 Å². The first-order chi connectivity index (χ1) is 9.41. The van der Waals surface area contributed by atoms with Gasteiger partial charge in [0, 0.05) is 0 Å². The highest BCUT2D eigenvalue weighted by molar-refractivity contribution is 4.63. The van der Waals surface area contributed by atoms with Gasteiger partial charge in [-0.2, -0.15) is 0 Å². The third-order valence-corrected chi connectivity index (χ3v) is 1.96. The van der Waals surface area contributed by atoms with E-state index in [1.165, 1.54) is 0 Å². The SMILES string of the molecule is C=CCOCCOCCOCCOCCOCCO. The van der Waals surface area contributed by atoms with Gasteiger partial charge < -0.3 is 28.8 Å². The summed E-state index contributed by atoms with van der Waals surface area (Å²) in [7, 11) is 0. The van der Waals surface area contributed by atoms with Gasteiger partial charge in [0.2, 0.25) is 0 Å². The van der Waals surface area contributed by atoms with Gasteiger partial charge >= 0.3 is 0 Å². The highest BCUT2D eigenvalue weighted by atomic mass is 16.6. The maximum atomic E-state index is 8.46.